The summed E-state index contributed by atoms with van der Waals surface area (Å²) >= 11 is 0. The first-order valence-electron chi connectivity index (χ1n) is 8.81. The van der Waals surface area contributed by atoms with Crippen molar-refractivity contribution in [2.75, 3.05) is 13.2 Å². The van der Waals surface area contributed by atoms with Crippen LogP contribution in [0, 0.1) is 0 Å². The maximum atomic E-state index is 11.5. The Bertz CT molecular complexity index is 637. The van der Waals surface area contributed by atoms with Crippen LogP contribution >= 0.6 is 0 Å². The van der Waals surface area contributed by atoms with Gasteiger partial charge in [-0.1, -0.05) is 19.1 Å². The second-order valence-corrected chi connectivity index (χ2v) is 6.94. The van der Waals surface area contributed by atoms with Gasteiger partial charge in [0.1, 0.15) is 24.0 Å². The SMILES string of the molecule is CCC(=O)NC(Cc1ccc(OCCNC(=O)OC(C)(C)C)cc1)C(=O)O. The Labute approximate surface area is 159 Å². The minimum atomic E-state index is -1.08. The molecule has 8 heteroatoms. The summed E-state index contributed by atoms with van der Waals surface area (Å²) in [5.41, 5.74) is 0.212. The van der Waals surface area contributed by atoms with Gasteiger partial charge in [-0.05, 0) is 38.5 Å². The number of benzene rings is 1. The van der Waals surface area contributed by atoms with Crippen molar-refractivity contribution in [3.63, 3.8) is 0 Å². The Hall–Kier alpha value is -2.77. The van der Waals surface area contributed by atoms with E-state index < -0.39 is 23.7 Å². The number of carbonyl (C=O) groups excluding carboxylic acids is 2. The van der Waals surface area contributed by atoms with Crippen molar-refractivity contribution in [2.45, 2.75) is 52.2 Å². The highest BCUT2D eigenvalue weighted by atomic mass is 16.6. The number of alkyl carbamates (subject to hydrolysis) is 1. The molecular formula is C19H28N2O6. The number of aliphatic carboxylic acids is 1. The van der Waals surface area contributed by atoms with E-state index in [-0.39, 0.29) is 25.4 Å². The molecule has 1 aromatic carbocycles. The Balaban J connectivity index is 2.43. The molecule has 0 radical (unpaired) electrons. The van der Waals surface area contributed by atoms with Crippen LogP contribution in [0.25, 0.3) is 0 Å². The topological polar surface area (TPSA) is 114 Å². The maximum absolute atomic E-state index is 11.5. The van der Waals surface area contributed by atoms with E-state index in [1.807, 2.05) is 0 Å². The van der Waals surface area contributed by atoms with Crippen LogP contribution in [-0.4, -0.2) is 47.9 Å². The minimum Gasteiger partial charge on any atom is -0.492 e. The number of carboxylic acids is 1. The molecule has 0 saturated carbocycles. The summed E-state index contributed by atoms with van der Waals surface area (Å²) in [6, 6.07) is 5.93. The molecule has 150 valence electrons. The van der Waals surface area contributed by atoms with Crippen LogP contribution < -0.4 is 15.4 Å². The molecule has 1 aromatic rings. The highest BCUT2D eigenvalue weighted by molar-refractivity contribution is 5.83. The fraction of sp³-hybridized carbons (Fsp3) is 0.526. The zero-order chi connectivity index (χ0) is 20.4. The Morgan fingerprint density at radius 1 is 1.15 bits per heavy atom. The molecule has 0 saturated heterocycles. The van der Waals surface area contributed by atoms with Gasteiger partial charge in [0.15, 0.2) is 0 Å². The number of hydrogen-bond acceptors (Lipinski definition) is 5. The van der Waals surface area contributed by atoms with Gasteiger partial charge in [0.05, 0.1) is 6.54 Å². The molecule has 27 heavy (non-hydrogen) atoms. The summed E-state index contributed by atoms with van der Waals surface area (Å²) in [7, 11) is 0. The van der Waals surface area contributed by atoms with E-state index in [0.29, 0.717) is 12.3 Å². The smallest absolute Gasteiger partial charge is 0.407 e. The first-order chi connectivity index (χ1) is 12.6. The quantitative estimate of drug-likeness (QED) is 0.566. The first kappa shape index (κ1) is 22.3. The normalized spacial score (nSPS) is 12.0. The van der Waals surface area contributed by atoms with Crippen LogP contribution in [0.5, 0.6) is 5.75 Å². The highest BCUT2D eigenvalue weighted by Gasteiger charge is 2.19. The van der Waals surface area contributed by atoms with E-state index >= 15 is 0 Å². The average molecular weight is 380 g/mol. The van der Waals surface area contributed by atoms with Gasteiger partial charge < -0.3 is 25.2 Å². The van der Waals surface area contributed by atoms with Crippen molar-refractivity contribution >= 4 is 18.0 Å². The molecule has 0 bridgehead atoms. The highest BCUT2D eigenvalue weighted by Crippen LogP contribution is 2.14. The van der Waals surface area contributed by atoms with Crippen LogP contribution in [0.2, 0.25) is 0 Å². The number of hydrogen-bond donors (Lipinski definition) is 3. The zero-order valence-electron chi connectivity index (χ0n) is 16.2. The fourth-order valence-corrected chi connectivity index (χ4v) is 2.09. The van der Waals surface area contributed by atoms with Gasteiger partial charge in [-0.25, -0.2) is 9.59 Å². The number of rotatable bonds is 9. The Kier molecular flexibility index (Phi) is 8.58. The molecule has 3 N–H and O–H groups in total. The van der Waals surface area contributed by atoms with Gasteiger partial charge in [-0.2, -0.15) is 0 Å². The Morgan fingerprint density at radius 2 is 1.78 bits per heavy atom. The summed E-state index contributed by atoms with van der Waals surface area (Å²) in [6.45, 7) is 7.58. The molecule has 2 amide bonds. The minimum absolute atomic E-state index is 0.182. The van der Waals surface area contributed by atoms with E-state index in [9.17, 15) is 19.5 Å². The zero-order valence-corrected chi connectivity index (χ0v) is 16.2. The molecule has 1 unspecified atom stereocenters. The molecule has 0 fully saturated rings. The van der Waals surface area contributed by atoms with E-state index in [1.165, 1.54) is 0 Å². The van der Waals surface area contributed by atoms with E-state index in [0.717, 1.165) is 5.56 Å². The molecule has 0 aromatic heterocycles. The molecular weight excluding hydrogens is 352 g/mol. The molecule has 1 atom stereocenters. The molecule has 8 nitrogen and oxygen atoms in total. The number of carboxylic acid groups (broad SMARTS) is 1. The summed E-state index contributed by atoms with van der Waals surface area (Å²) in [6.07, 6.45) is -0.0922. The second kappa shape index (κ2) is 10.4. The molecule has 0 aliphatic rings. The average Bonchev–Trinajstić information content (AvgIpc) is 2.57. The molecule has 0 aliphatic heterocycles. The van der Waals surface area contributed by atoms with E-state index in [4.69, 9.17) is 9.47 Å². The maximum Gasteiger partial charge on any atom is 0.407 e. The van der Waals surface area contributed by atoms with Crippen molar-refractivity contribution in [3.8, 4) is 5.75 Å². The van der Waals surface area contributed by atoms with Crippen molar-refractivity contribution < 1.29 is 29.0 Å². The van der Waals surface area contributed by atoms with Crippen LogP contribution in [0.15, 0.2) is 24.3 Å². The van der Waals surface area contributed by atoms with Crippen molar-refractivity contribution in [3.05, 3.63) is 29.8 Å². The standard InChI is InChI=1S/C19H28N2O6/c1-5-16(22)21-15(17(23)24)12-13-6-8-14(9-7-13)26-11-10-20-18(25)27-19(2,3)4/h6-9,15H,5,10-12H2,1-4H3,(H,20,25)(H,21,22)(H,23,24). The number of amides is 2. The number of ether oxygens (including phenoxy) is 2. The lowest BCUT2D eigenvalue weighted by molar-refractivity contribution is -0.141. The van der Waals surface area contributed by atoms with Gasteiger partial charge in [0.2, 0.25) is 5.91 Å². The summed E-state index contributed by atoms with van der Waals surface area (Å²) < 4.78 is 10.6. The van der Waals surface area contributed by atoms with Gasteiger partial charge in [0, 0.05) is 12.8 Å². The van der Waals surface area contributed by atoms with E-state index in [1.54, 1.807) is 52.0 Å². The Morgan fingerprint density at radius 3 is 2.30 bits per heavy atom. The summed E-state index contributed by atoms with van der Waals surface area (Å²) in [5, 5.41) is 14.3. The van der Waals surface area contributed by atoms with Gasteiger partial charge in [-0.3, -0.25) is 4.79 Å². The van der Waals surface area contributed by atoms with Crippen LogP contribution in [-0.2, 0) is 20.7 Å². The third-order valence-electron chi connectivity index (χ3n) is 3.36. The molecule has 0 spiro atoms. The van der Waals surface area contributed by atoms with Crippen LogP contribution in [0.4, 0.5) is 4.79 Å². The lowest BCUT2D eigenvalue weighted by Crippen LogP contribution is -2.42. The van der Waals surface area contributed by atoms with Gasteiger partial charge in [0.25, 0.3) is 0 Å². The lowest BCUT2D eigenvalue weighted by Gasteiger charge is -2.19. The predicted molar refractivity (Wildman–Crippen MR) is 99.7 cm³/mol. The lowest BCUT2D eigenvalue weighted by atomic mass is 10.1. The van der Waals surface area contributed by atoms with Crippen molar-refractivity contribution in [2.24, 2.45) is 0 Å². The van der Waals surface area contributed by atoms with E-state index in [2.05, 4.69) is 10.6 Å². The van der Waals surface area contributed by atoms with Crippen molar-refractivity contribution in [1.29, 1.82) is 0 Å². The molecule has 0 heterocycles. The van der Waals surface area contributed by atoms with Gasteiger partial charge in [-0.15, -0.1) is 0 Å². The summed E-state index contributed by atoms with van der Waals surface area (Å²) in [4.78, 5) is 34.2. The third kappa shape index (κ3) is 9.48. The third-order valence-corrected chi connectivity index (χ3v) is 3.36. The summed E-state index contributed by atoms with van der Waals surface area (Å²) in [5.74, 6) is -0.792. The van der Waals surface area contributed by atoms with Crippen molar-refractivity contribution in [1.82, 2.24) is 10.6 Å². The van der Waals surface area contributed by atoms with Gasteiger partial charge >= 0.3 is 12.1 Å². The monoisotopic (exact) mass is 380 g/mol. The second-order valence-electron chi connectivity index (χ2n) is 6.94. The van der Waals surface area contributed by atoms with Crippen LogP contribution in [0.1, 0.15) is 39.7 Å². The largest absolute Gasteiger partial charge is 0.492 e. The number of nitrogens with one attached hydrogen (secondary N) is 2. The first-order valence-corrected chi connectivity index (χ1v) is 8.81. The fourth-order valence-electron chi connectivity index (χ4n) is 2.09. The predicted octanol–water partition coefficient (Wildman–Crippen LogP) is 2.11. The molecule has 1 rings (SSSR count). The van der Waals surface area contributed by atoms with Crippen LogP contribution in [0.3, 0.4) is 0 Å². The molecule has 0 aliphatic carbocycles. The number of carbonyl (C=O) groups is 3.